The third-order valence-corrected chi connectivity index (χ3v) is 3.26. The zero-order valence-electron chi connectivity index (χ0n) is 13.2. The number of halogens is 3. The van der Waals surface area contributed by atoms with Crippen molar-refractivity contribution in [3.05, 3.63) is 53.1 Å². The number of ether oxygens (including phenoxy) is 1. The quantitative estimate of drug-likeness (QED) is 0.508. The van der Waals surface area contributed by atoms with Crippen molar-refractivity contribution < 1.29 is 32.3 Å². The van der Waals surface area contributed by atoms with Crippen molar-refractivity contribution in [1.29, 1.82) is 0 Å². The molecule has 2 aromatic rings. The van der Waals surface area contributed by atoms with E-state index in [-0.39, 0.29) is 11.5 Å². The summed E-state index contributed by atoms with van der Waals surface area (Å²) in [7, 11) is 1.51. The first-order valence-corrected chi connectivity index (χ1v) is 6.98. The maximum atomic E-state index is 13.4. The Morgan fingerprint density at radius 3 is 2.44 bits per heavy atom. The Balaban J connectivity index is 1.99. The lowest BCUT2D eigenvalue weighted by atomic mass is 10.2. The molecule has 0 bridgehead atoms. The summed E-state index contributed by atoms with van der Waals surface area (Å²) in [5.74, 6) is -6.76. The SMILES string of the molecule is CC(=O)c1cc(C(=O)OCC(=O)Nc2ccc(F)c(F)c2F)n(C)c1. The van der Waals surface area contributed by atoms with Crippen molar-refractivity contribution in [3.8, 4) is 0 Å². The summed E-state index contributed by atoms with van der Waals surface area (Å²) in [6.45, 7) is 0.548. The van der Waals surface area contributed by atoms with Crippen LogP contribution in [0.4, 0.5) is 18.9 Å². The summed E-state index contributed by atoms with van der Waals surface area (Å²) in [5, 5.41) is 1.96. The van der Waals surface area contributed by atoms with Gasteiger partial charge in [0.25, 0.3) is 5.91 Å². The van der Waals surface area contributed by atoms with Gasteiger partial charge in [0, 0.05) is 18.8 Å². The highest BCUT2D eigenvalue weighted by Crippen LogP contribution is 2.19. The van der Waals surface area contributed by atoms with Crippen LogP contribution >= 0.6 is 0 Å². The van der Waals surface area contributed by atoms with Gasteiger partial charge in [0.2, 0.25) is 0 Å². The molecular weight excluding hydrogens is 341 g/mol. The van der Waals surface area contributed by atoms with E-state index in [9.17, 15) is 27.6 Å². The van der Waals surface area contributed by atoms with Crippen LogP contribution in [0.25, 0.3) is 0 Å². The van der Waals surface area contributed by atoms with E-state index in [0.29, 0.717) is 11.6 Å². The summed E-state index contributed by atoms with van der Waals surface area (Å²) in [5.41, 5.74) is -0.252. The first-order valence-electron chi connectivity index (χ1n) is 6.98. The van der Waals surface area contributed by atoms with Crippen molar-refractivity contribution in [2.45, 2.75) is 6.92 Å². The number of carbonyl (C=O) groups excluding carboxylic acids is 3. The second-order valence-corrected chi connectivity index (χ2v) is 5.13. The van der Waals surface area contributed by atoms with E-state index in [1.165, 1.54) is 30.8 Å². The zero-order chi connectivity index (χ0) is 18.7. The zero-order valence-corrected chi connectivity index (χ0v) is 13.2. The number of aryl methyl sites for hydroxylation is 1. The highest BCUT2D eigenvalue weighted by atomic mass is 19.2. The summed E-state index contributed by atoms with van der Waals surface area (Å²) in [6.07, 6.45) is 1.43. The molecule has 6 nitrogen and oxygen atoms in total. The van der Waals surface area contributed by atoms with Crippen LogP contribution < -0.4 is 5.32 Å². The lowest BCUT2D eigenvalue weighted by Crippen LogP contribution is -2.22. The maximum Gasteiger partial charge on any atom is 0.355 e. The fraction of sp³-hybridized carbons (Fsp3) is 0.188. The third kappa shape index (κ3) is 4.06. The van der Waals surface area contributed by atoms with Gasteiger partial charge in [-0.3, -0.25) is 9.59 Å². The summed E-state index contributed by atoms with van der Waals surface area (Å²) >= 11 is 0. The van der Waals surface area contributed by atoms with Gasteiger partial charge in [0.05, 0.1) is 5.69 Å². The Hall–Kier alpha value is -3.10. The average molecular weight is 354 g/mol. The number of Topliss-reactive ketones (excluding diaryl/α,β-unsaturated/α-hetero) is 1. The van der Waals surface area contributed by atoms with Crippen LogP contribution in [-0.2, 0) is 16.6 Å². The van der Waals surface area contributed by atoms with E-state index >= 15 is 0 Å². The number of anilines is 1. The van der Waals surface area contributed by atoms with Crippen LogP contribution in [0.3, 0.4) is 0 Å². The molecule has 0 saturated carbocycles. The second-order valence-electron chi connectivity index (χ2n) is 5.13. The van der Waals surface area contributed by atoms with Gasteiger partial charge >= 0.3 is 5.97 Å². The molecule has 0 aliphatic heterocycles. The molecule has 0 radical (unpaired) electrons. The summed E-state index contributed by atoms with van der Waals surface area (Å²) in [4.78, 5) is 34.8. The third-order valence-electron chi connectivity index (χ3n) is 3.26. The maximum absolute atomic E-state index is 13.4. The number of nitrogens with zero attached hydrogens (tertiary/aromatic N) is 1. The van der Waals surface area contributed by atoms with Crippen LogP contribution in [0.15, 0.2) is 24.4 Å². The molecule has 1 N–H and O–H groups in total. The first-order chi connectivity index (χ1) is 11.7. The van der Waals surface area contributed by atoms with Crippen LogP contribution in [0.1, 0.15) is 27.8 Å². The molecule has 0 aliphatic carbocycles. The Labute approximate surface area is 140 Å². The van der Waals surface area contributed by atoms with Crippen LogP contribution in [0, 0.1) is 17.5 Å². The number of ketones is 1. The average Bonchev–Trinajstić information content (AvgIpc) is 2.95. The predicted octanol–water partition coefficient (Wildman–Crippen LogP) is 2.44. The molecule has 1 heterocycles. The number of amides is 1. The Bertz CT molecular complexity index is 861. The van der Waals surface area contributed by atoms with E-state index < -0.39 is 41.6 Å². The minimum atomic E-state index is -1.73. The Morgan fingerprint density at radius 2 is 1.84 bits per heavy atom. The van der Waals surface area contributed by atoms with Crippen LogP contribution in [0.2, 0.25) is 0 Å². The standard InChI is InChI=1S/C16H13F3N2O4/c1-8(22)9-5-12(21(2)6-9)16(24)25-7-13(23)20-11-4-3-10(17)14(18)15(11)19/h3-6H,7H2,1-2H3,(H,20,23). The van der Waals surface area contributed by atoms with Crippen molar-refractivity contribution in [2.75, 3.05) is 11.9 Å². The van der Waals surface area contributed by atoms with Gasteiger partial charge in [-0.15, -0.1) is 0 Å². The van der Waals surface area contributed by atoms with Gasteiger partial charge in [-0.2, -0.15) is 0 Å². The van der Waals surface area contributed by atoms with Crippen LogP contribution in [-0.4, -0.2) is 28.8 Å². The minimum Gasteiger partial charge on any atom is -0.451 e. The van der Waals surface area contributed by atoms with Crippen molar-refractivity contribution in [1.82, 2.24) is 4.57 Å². The predicted molar refractivity (Wildman–Crippen MR) is 80.6 cm³/mol. The van der Waals surface area contributed by atoms with Gasteiger partial charge in [-0.25, -0.2) is 18.0 Å². The van der Waals surface area contributed by atoms with Crippen molar-refractivity contribution in [2.24, 2.45) is 7.05 Å². The molecular formula is C16H13F3N2O4. The van der Waals surface area contributed by atoms with Crippen LogP contribution in [0.5, 0.6) is 0 Å². The molecule has 25 heavy (non-hydrogen) atoms. The second kappa shape index (κ2) is 7.20. The van der Waals surface area contributed by atoms with E-state index in [4.69, 9.17) is 4.74 Å². The lowest BCUT2D eigenvalue weighted by molar-refractivity contribution is -0.119. The monoisotopic (exact) mass is 354 g/mol. The highest BCUT2D eigenvalue weighted by Gasteiger charge is 2.18. The molecule has 0 spiro atoms. The number of esters is 1. The molecule has 0 fully saturated rings. The number of nitrogens with one attached hydrogen (secondary N) is 1. The van der Waals surface area contributed by atoms with Gasteiger partial charge in [0.1, 0.15) is 5.69 Å². The molecule has 2 rings (SSSR count). The fourth-order valence-electron chi connectivity index (χ4n) is 1.97. The molecule has 0 aliphatic rings. The number of benzene rings is 1. The molecule has 1 amide bonds. The molecule has 0 unspecified atom stereocenters. The normalized spacial score (nSPS) is 10.4. The summed E-state index contributed by atoms with van der Waals surface area (Å²) < 4.78 is 45.4. The number of carbonyl (C=O) groups is 3. The highest BCUT2D eigenvalue weighted by molar-refractivity contribution is 5.98. The van der Waals surface area contributed by atoms with Gasteiger partial charge < -0.3 is 14.6 Å². The smallest absolute Gasteiger partial charge is 0.355 e. The van der Waals surface area contributed by atoms with E-state index in [1.807, 2.05) is 5.32 Å². The van der Waals surface area contributed by atoms with E-state index in [2.05, 4.69) is 0 Å². The molecule has 1 aromatic heterocycles. The largest absolute Gasteiger partial charge is 0.451 e. The minimum absolute atomic E-state index is 0.0389. The van der Waals surface area contributed by atoms with Crippen molar-refractivity contribution in [3.63, 3.8) is 0 Å². The van der Waals surface area contributed by atoms with E-state index in [1.54, 1.807) is 0 Å². The molecule has 9 heteroatoms. The number of hydrogen-bond donors (Lipinski definition) is 1. The van der Waals surface area contributed by atoms with Crippen molar-refractivity contribution >= 4 is 23.3 Å². The molecule has 1 aromatic carbocycles. The topological polar surface area (TPSA) is 77.4 Å². The number of aromatic nitrogens is 1. The molecule has 132 valence electrons. The number of hydrogen-bond acceptors (Lipinski definition) is 4. The Kier molecular flexibility index (Phi) is 5.26. The van der Waals surface area contributed by atoms with Gasteiger partial charge in [-0.1, -0.05) is 0 Å². The Morgan fingerprint density at radius 1 is 1.16 bits per heavy atom. The summed E-state index contributed by atoms with van der Waals surface area (Å²) in [6, 6.07) is 2.79. The van der Waals surface area contributed by atoms with Gasteiger partial charge in [-0.05, 0) is 25.1 Å². The lowest BCUT2D eigenvalue weighted by Gasteiger charge is -2.08. The molecule has 0 saturated heterocycles. The van der Waals surface area contributed by atoms with Gasteiger partial charge in [0.15, 0.2) is 29.8 Å². The first kappa shape index (κ1) is 18.2. The molecule has 0 atom stereocenters. The fourth-order valence-corrected chi connectivity index (χ4v) is 1.97. The van der Waals surface area contributed by atoms with E-state index in [0.717, 1.165) is 6.07 Å². The number of rotatable bonds is 5.